The Bertz CT molecular complexity index is 575. The van der Waals surface area contributed by atoms with Crippen LogP contribution in [0, 0.1) is 10.1 Å². The first kappa shape index (κ1) is 17.7. The number of para-hydroxylation sites is 1. The molecule has 0 aliphatic rings. The Labute approximate surface area is 134 Å². The predicted molar refractivity (Wildman–Crippen MR) is 90.8 cm³/mol. The molecule has 118 valence electrons. The van der Waals surface area contributed by atoms with Gasteiger partial charge in [-0.25, -0.2) is 0 Å². The number of benzene rings is 1. The molecular weight excluding hydrogens is 304 g/mol. The summed E-state index contributed by atoms with van der Waals surface area (Å²) in [7, 11) is 1.61. The summed E-state index contributed by atoms with van der Waals surface area (Å²) < 4.78 is 4.97. The molecule has 0 aromatic heterocycles. The molecule has 0 unspecified atom stereocenters. The van der Waals surface area contributed by atoms with Crippen LogP contribution in [0.5, 0.6) is 0 Å². The van der Waals surface area contributed by atoms with Crippen molar-refractivity contribution in [3.8, 4) is 0 Å². The van der Waals surface area contributed by atoms with Crippen molar-refractivity contribution in [1.82, 2.24) is 10.7 Å². The van der Waals surface area contributed by atoms with E-state index >= 15 is 0 Å². The summed E-state index contributed by atoms with van der Waals surface area (Å²) in [5, 5.41) is 18.1. The molecule has 7 nitrogen and oxygen atoms in total. The molecule has 8 heteroatoms. The smallest absolute Gasteiger partial charge is 0.276 e. The molecule has 0 amide bonds. The minimum Gasteiger partial charge on any atom is -0.383 e. The lowest BCUT2D eigenvalue weighted by Gasteiger charge is -2.13. The fraction of sp³-hybridized carbons (Fsp3) is 0.286. The lowest BCUT2D eigenvalue weighted by atomic mass is 10.2. The van der Waals surface area contributed by atoms with Gasteiger partial charge in [-0.15, -0.1) is 0 Å². The van der Waals surface area contributed by atoms with Gasteiger partial charge >= 0.3 is 0 Å². The average Bonchev–Trinajstić information content (AvgIpc) is 2.47. The predicted octanol–water partition coefficient (Wildman–Crippen LogP) is 2.09. The summed E-state index contributed by atoms with van der Waals surface area (Å²) >= 11 is 5.04. The summed E-state index contributed by atoms with van der Waals surface area (Å²) in [5.41, 5.74) is 3.20. The number of nitrogens with zero attached hydrogens (tertiary/aromatic N) is 2. The second-order valence-corrected chi connectivity index (χ2v) is 4.80. The molecule has 1 aromatic rings. The molecule has 0 saturated carbocycles. The zero-order chi connectivity index (χ0) is 16.4. The zero-order valence-electron chi connectivity index (χ0n) is 12.4. The molecule has 0 saturated heterocycles. The van der Waals surface area contributed by atoms with Crippen molar-refractivity contribution in [2.24, 2.45) is 5.10 Å². The fourth-order valence-corrected chi connectivity index (χ4v) is 1.88. The minimum absolute atomic E-state index is 0.0469. The first-order chi connectivity index (χ1) is 10.5. The number of thiocarbonyl (C=S) groups is 1. The molecule has 0 aliphatic carbocycles. The second-order valence-electron chi connectivity index (χ2n) is 4.39. The van der Waals surface area contributed by atoms with Crippen LogP contribution in [-0.2, 0) is 4.74 Å². The third-order valence-corrected chi connectivity index (χ3v) is 2.74. The summed E-state index contributed by atoms with van der Waals surface area (Å²) in [6.07, 6.45) is 4.66. The van der Waals surface area contributed by atoms with Crippen molar-refractivity contribution >= 4 is 35.3 Å². The minimum atomic E-state index is -0.425. The third-order valence-electron chi connectivity index (χ3n) is 2.53. The Morgan fingerprint density at radius 1 is 1.55 bits per heavy atom. The van der Waals surface area contributed by atoms with Crippen molar-refractivity contribution in [3.63, 3.8) is 0 Å². The fourth-order valence-electron chi connectivity index (χ4n) is 1.63. The number of hydrazone groups is 1. The number of hydrogen-bond donors (Lipinski definition) is 2. The number of ether oxygens (including phenoxy) is 1. The van der Waals surface area contributed by atoms with Crippen molar-refractivity contribution < 1.29 is 9.66 Å². The summed E-state index contributed by atoms with van der Waals surface area (Å²) in [5.74, 6) is 0. The van der Waals surface area contributed by atoms with E-state index in [0.29, 0.717) is 17.3 Å². The van der Waals surface area contributed by atoms with E-state index < -0.39 is 4.92 Å². The van der Waals surface area contributed by atoms with Gasteiger partial charge in [0, 0.05) is 25.4 Å². The molecule has 1 atom stereocenters. The van der Waals surface area contributed by atoms with Crippen LogP contribution in [0.4, 0.5) is 5.69 Å². The van der Waals surface area contributed by atoms with Gasteiger partial charge in [0.2, 0.25) is 0 Å². The summed E-state index contributed by atoms with van der Waals surface area (Å²) in [6.45, 7) is 2.46. The molecule has 1 aromatic carbocycles. The summed E-state index contributed by atoms with van der Waals surface area (Å²) in [4.78, 5) is 10.4. The molecular formula is C14H18N4O3S. The van der Waals surface area contributed by atoms with Crippen LogP contribution in [0.15, 0.2) is 35.4 Å². The number of hydrogen-bond acceptors (Lipinski definition) is 5. The van der Waals surface area contributed by atoms with Crippen molar-refractivity contribution in [1.29, 1.82) is 0 Å². The zero-order valence-corrected chi connectivity index (χ0v) is 13.2. The Morgan fingerprint density at radius 3 is 2.95 bits per heavy atom. The first-order valence-corrected chi connectivity index (χ1v) is 6.94. The van der Waals surface area contributed by atoms with E-state index in [2.05, 4.69) is 15.8 Å². The Balaban J connectivity index is 2.49. The highest BCUT2D eigenvalue weighted by atomic mass is 32.1. The maximum absolute atomic E-state index is 10.8. The average molecular weight is 322 g/mol. The van der Waals surface area contributed by atoms with Crippen LogP contribution in [-0.4, -0.2) is 36.0 Å². The number of methoxy groups -OCH3 is 1. The van der Waals surface area contributed by atoms with Crippen LogP contribution < -0.4 is 10.7 Å². The molecule has 0 bridgehead atoms. The van der Waals surface area contributed by atoms with E-state index in [1.807, 2.05) is 6.92 Å². The highest BCUT2D eigenvalue weighted by Gasteiger charge is 2.08. The van der Waals surface area contributed by atoms with Gasteiger partial charge in [0.15, 0.2) is 5.11 Å². The number of nitro benzene ring substituents is 1. The Morgan fingerprint density at radius 2 is 2.27 bits per heavy atom. The van der Waals surface area contributed by atoms with Gasteiger partial charge < -0.3 is 10.1 Å². The molecule has 0 aliphatic heterocycles. The number of nitrogens with one attached hydrogen (secondary N) is 2. The van der Waals surface area contributed by atoms with Crippen molar-refractivity contribution in [2.45, 2.75) is 13.0 Å². The van der Waals surface area contributed by atoms with E-state index in [-0.39, 0.29) is 11.7 Å². The third kappa shape index (κ3) is 6.42. The van der Waals surface area contributed by atoms with Crippen molar-refractivity contribution in [3.05, 3.63) is 46.0 Å². The van der Waals surface area contributed by atoms with E-state index in [9.17, 15) is 10.1 Å². The molecule has 0 radical (unpaired) electrons. The van der Waals surface area contributed by atoms with Gasteiger partial charge in [-0.3, -0.25) is 15.5 Å². The maximum atomic E-state index is 10.8. The largest absolute Gasteiger partial charge is 0.383 e. The van der Waals surface area contributed by atoms with Gasteiger partial charge in [-0.2, -0.15) is 5.10 Å². The summed E-state index contributed by atoms with van der Waals surface area (Å²) in [6, 6.07) is 6.54. The first-order valence-electron chi connectivity index (χ1n) is 6.53. The standard InChI is InChI=1S/C14H18N4O3S/c1-11(10-21-2)16-14(22)17-15-9-5-7-12-6-3-4-8-13(12)18(19)20/h3-9,11H,10H2,1-2H3,(H2,16,17,22)/b7-5+,15-9-/t11-/m1/s1. The maximum Gasteiger partial charge on any atom is 0.276 e. The Hall–Kier alpha value is -2.32. The van der Waals surface area contributed by atoms with Crippen LogP contribution in [0.3, 0.4) is 0 Å². The number of rotatable bonds is 7. The van der Waals surface area contributed by atoms with Crippen molar-refractivity contribution in [2.75, 3.05) is 13.7 Å². The monoisotopic (exact) mass is 322 g/mol. The molecule has 2 N–H and O–H groups in total. The normalized spacial score (nSPS) is 12.5. The number of nitro groups is 1. The van der Waals surface area contributed by atoms with Crippen LogP contribution in [0.2, 0.25) is 0 Å². The van der Waals surface area contributed by atoms with E-state index in [0.717, 1.165) is 0 Å². The number of allylic oxidation sites excluding steroid dienone is 1. The SMILES string of the molecule is COC[C@@H](C)NC(=S)N/N=C\C=C\c1ccccc1[N+](=O)[O-]. The Kier molecular flexibility index (Phi) is 7.73. The van der Waals surface area contributed by atoms with E-state index in [1.54, 1.807) is 37.5 Å². The second kappa shape index (κ2) is 9.59. The quantitative estimate of drug-likeness (QED) is 0.346. The van der Waals surface area contributed by atoms with Gasteiger partial charge in [-0.05, 0) is 37.4 Å². The molecule has 0 spiro atoms. The highest BCUT2D eigenvalue weighted by Crippen LogP contribution is 2.18. The van der Waals surface area contributed by atoms with E-state index in [4.69, 9.17) is 17.0 Å². The molecule has 22 heavy (non-hydrogen) atoms. The topological polar surface area (TPSA) is 88.8 Å². The molecule has 0 fully saturated rings. The van der Waals surface area contributed by atoms with Crippen LogP contribution in [0.1, 0.15) is 12.5 Å². The molecule has 1 rings (SSSR count). The van der Waals surface area contributed by atoms with Crippen LogP contribution >= 0.6 is 12.2 Å². The van der Waals surface area contributed by atoms with E-state index in [1.165, 1.54) is 12.3 Å². The van der Waals surface area contributed by atoms with Gasteiger partial charge in [0.05, 0.1) is 17.1 Å². The van der Waals surface area contributed by atoms with Gasteiger partial charge in [0.25, 0.3) is 5.69 Å². The van der Waals surface area contributed by atoms with Gasteiger partial charge in [-0.1, -0.05) is 12.1 Å². The highest BCUT2D eigenvalue weighted by molar-refractivity contribution is 7.80. The molecule has 0 heterocycles. The lowest BCUT2D eigenvalue weighted by Crippen LogP contribution is -2.40. The lowest BCUT2D eigenvalue weighted by molar-refractivity contribution is -0.385. The van der Waals surface area contributed by atoms with Gasteiger partial charge in [0.1, 0.15) is 0 Å². The van der Waals surface area contributed by atoms with Crippen LogP contribution in [0.25, 0.3) is 6.08 Å².